The second kappa shape index (κ2) is 7.30. The van der Waals surface area contributed by atoms with E-state index < -0.39 is 12.1 Å². The van der Waals surface area contributed by atoms with E-state index in [0.29, 0.717) is 18.7 Å². The molecule has 3 aromatic rings. The molecule has 1 amide bonds. The lowest BCUT2D eigenvalue weighted by Gasteiger charge is -2.28. The van der Waals surface area contributed by atoms with E-state index in [1.807, 2.05) is 24.3 Å². The highest BCUT2D eigenvalue weighted by atomic mass is 16.6. The van der Waals surface area contributed by atoms with Gasteiger partial charge in [0.1, 0.15) is 12.3 Å². The number of rotatable bonds is 3. The number of pyridine rings is 1. The Morgan fingerprint density at radius 1 is 1.00 bits per heavy atom. The van der Waals surface area contributed by atoms with Gasteiger partial charge in [-0.2, -0.15) is 0 Å². The second-order valence-electron chi connectivity index (χ2n) is 7.58. The van der Waals surface area contributed by atoms with E-state index in [9.17, 15) is 9.59 Å². The van der Waals surface area contributed by atoms with Crippen LogP contribution in [0.15, 0.2) is 60.7 Å². The van der Waals surface area contributed by atoms with Crippen LogP contribution in [0.25, 0.3) is 11.1 Å². The molecule has 2 aliphatic rings. The van der Waals surface area contributed by atoms with Crippen molar-refractivity contribution < 1.29 is 19.4 Å². The van der Waals surface area contributed by atoms with E-state index in [1.54, 1.807) is 11.0 Å². The molecular weight excluding hydrogens is 380 g/mol. The van der Waals surface area contributed by atoms with Crippen molar-refractivity contribution in [1.29, 1.82) is 0 Å². The van der Waals surface area contributed by atoms with E-state index in [2.05, 4.69) is 29.2 Å². The van der Waals surface area contributed by atoms with E-state index in [4.69, 9.17) is 9.84 Å². The van der Waals surface area contributed by atoms with E-state index >= 15 is 0 Å². The molecule has 0 saturated heterocycles. The van der Waals surface area contributed by atoms with Gasteiger partial charge in [0.2, 0.25) is 0 Å². The summed E-state index contributed by atoms with van der Waals surface area (Å²) in [6.07, 6.45) is 0.233. The fourth-order valence-corrected chi connectivity index (χ4v) is 4.37. The fourth-order valence-electron chi connectivity index (χ4n) is 4.37. The van der Waals surface area contributed by atoms with Crippen LogP contribution in [0.2, 0.25) is 0 Å². The van der Waals surface area contributed by atoms with Gasteiger partial charge in [0.15, 0.2) is 0 Å². The van der Waals surface area contributed by atoms with Crippen LogP contribution in [0.1, 0.15) is 38.8 Å². The summed E-state index contributed by atoms with van der Waals surface area (Å²) >= 11 is 0. The van der Waals surface area contributed by atoms with Crippen LogP contribution in [-0.4, -0.2) is 40.2 Å². The average Bonchev–Trinajstić information content (AvgIpc) is 3.10. The summed E-state index contributed by atoms with van der Waals surface area (Å²) in [5.41, 5.74) is 6.30. The van der Waals surface area contributed by atoms with Gasteiger partial charge in [0.05, 0.1) is 12.2 Å². The molecule has 2 heterocycles. The predicted molar refractivity (Wildman–Crippen MR) is 110 cm³/mol. The number of carbonyl (C=O) groups excluding carboxylic acids is 1. The number of amides is 1. The van der Waals surface area contributed by atoms with E-state index in [1.165, 1.54) is 28.3 Å². The minimum Gasteiger partial charge on any atom is -0.477 e. The molecule has 0 fully saturated rings. The van der Waals surface area contributed by atoms with Gasteiger partial charge in [-0.1, -0.05) is 54.6 Å². The number of ether oxygens (including phenoxy) is 1. The number of fused-ring (bicyclic) bond motifs is 4. The number of carboxylic acids is 1. The number of aromatic nitrogens is 1. The minimum absolute atomic E-state index is 0.00941. The standard InChI is InChI=1S/C24H20N2O4/c27-23(28)21-10-9-15-11-12-26(13-22(15)25-21)24(29)30-14-20-18-7-3-1-5-16(18)17-6-2-4-8-19(17)20/h1-10,20H,11-14H2,(H,27,28). The molecule has 2 aromatic carbocycles. The van der Waals surface area contributed by atoms with Gasteiger partial charge in [-0.15, -0.1) is 0 Å². The van der Waals surface area contributed by atoms with Crippen molar-refractivity contribution in [2.45, 2.75) is 18.9 Å². The van der Waals surface area contributed by atoms with Crippen LogP contribution in [0.4, 0.5) is 4.79 Å². The summed E-state index contributed by atoms with van der Waals surface area (Å²) in [4.78, 5) is 29.7. The zero-order chi connectivity index (χ0) is 20.7. The maximum absolute atomic E-state index is 12.8. The largest absolute Gasteiger partial charge is 0.477 e. The molecule has 0 saturated carbocycles. The molecule has 30 heavy (non-hydrogen) atoms. The van der Waals surface area contributed by atoms with E-state index in [-0.39, 0.29) is 24.8 Å². The molecule has 0 spiro atoms. The Balaban J connectivity index is 1.31. The zero-order valence-electron chi connectivity index (χ0n) is 16.2. The lowest BCUT2D eigenvalue weighted by atomic mass is 9.98. The molecular formula is C24H20N2O4. The van der Waals surface area contributed by atoms with Crippen LogP contribution in [0.3, 0.4) is 0 Å². The SMILES string of the molecule is O=C(O)c1ccc2c(n1)CN(C(=O)OCC1c3ccccc3-c3ccccc31)CC2. The third-order valence-corrected chi connectivity index (χ3v) is 5.87. The first-order valence-corrected chi connectivity index (χ1v) is 9.94. The molecule has 6 heteroatoms. The van der Waals surface area contributed by atoms with Crippen molar-refractivity contribution in [3.05, 3.63) is 88.7 Å². The molecule has 150 valence electrons. The third kappa shape index (κ3) is 3.10. The number of aromatic carboxylic acids is 1. The third-order valence-electron chi connectivity index (χ3n) is 5.87. The first-order valence-electron chi connectivity index (χ1n) is 9.94. The van der Waals surface area contributed by atoms with Gasteiger partial charge in [0.25, 0.3) is 0 Å². The Bertz CT molecular complexity index is 1110. The van der Waals surface area contributed by atoms with Gasteiger partial charge in [-0.25, -0.2) is 14.6 Å². The molecule has 0 radical (unpaired) electrons. The van der Waals surface area contributed by atoms with Gasteiger partial charge in [0, 0.05) is 12.5 Å². The molecule has 1 aromatic heterocycles. The molecule has 1 N–H and O–H groups in total. The van der Waals surface area contributed by atoms with Gasteiger partial charge < -0.3 is 14.7 Å². The highest BCUT2D eigenvalue weighted by Gasteiger charge is 2.30. The monoisotopic (exact) mass is 400 g/mol. The highest BCUT2D eigenvalue weighted by molar-refractivity contribution is 5.85. The van der Waals surface area contributed by atoms with Crippen molar-refractivity contribution in [3.63, 3.8) is 0 Å². The van der Waals surface area contributed by atoms with Gasteiger partial charge in [-0.3, -0.25) is 0 Å². The summed E-state index contributed by atoms with van der Waals surface area (Å²) in [7, 11) is 0. The molecule has 1 aliphatic carbocycles. The number of hydrogen-bond donors (Lipinski definition) is 1. The van der Waals surface area contributed by atoms with Crippen LogP contribution in [0, 0.1) is 0 Å². The number of nitrogens with zero attached hydrogens (tertiary/aromatic N) is 2. The quantitative estimate of drug-likeness (QED) is 0.716. The average molecular weight is 400 g/mol. The van der Waals surface area contributed by atoms with Gasteiger partial charge >= 0.3 is 12.1 Å². The van der Waals surface area contributed by atoms with Crippen molar-refractivity contribution in [3.8, 4) is 11.1 Å². The number of carboxylic acid groups (broad SMARTS) is 1. The molecule has 1 aliphatic heterocycles. The van der Waals surface area contributed by atoms with Crippen LogP contribution in [-0.2, 0) is 17.7 Å². The summed E-state index contributed by atoms with van der Waals surface area (Å²) in [6.45, 7) is 1.05. The second-order valence-corrected chi connectivity index (χ2v) is 7.58. The predicted octanol–water partition coefficient (Wildman–Crippen LogP) is 4.09. The summed E-state index contributed by atoms with van der Waals surface area (Å²) in [5.74, 6) is -1.06. The Labute approximate surface area is 173 Å². The van der Waals surface area contributed by atoms with Crippen molar-refractivity contribution in [2.75, 3.05) is 13.2 Å². The van der Waals surface area contributed by atoms with Crippen LogP contribution in [0.5, 0.6) is 0 Å². The Morgan fingerprint density at radius 3 is 2.33 bits per heavy atom. The zero-order valence-corrected chi connectivity index (χ0v) is 16.2. The first kappa shape index (κ1) is 18.4. The highest BCUT2D eigenvalue weighted by Crippen LogP contribution is 2.44. The molecule has 0 unspecified atom stereocenters. The summed E-state index contributed by atoms with van der Waals surface area (Å²) in [5, 5.41) is 9.16. The Kier molecular flexibility index (Phi) is 4.47. The van der Waals surface area contributed by atoms with Crippen molar-refractivity contribution in [2.24, 2.45) is 0 Å². The Hall–Kier alpha value is -3.67. The molecule has 6 nitrogen and oxygen atoms in total. The number of carbonyl (C=O) groups is 2. The topological polar surface area (TPSA) is 79.7 Å². The van der Waals surface area contributed by atoms with Crippen LogP contribution < -0.4 is 0 Å². The lowest BCUT2D eigenvalue weighted by molar-refractivity contribution is 0.0689. The number of hydrogen-bond acceptors (Lipinski definition) is 4. The Morgan fingerprint density at radius 2 is 1.67 bits per heavy atom. The van der Waals surface area contributed by atoms with Crippen LogP contribution >= 0.6 is 0 Å². The summed E-state index contributed by atoms with van der Waals surface area (Å²) in [6, 6.07) is 19.7. The maximum atomic E-state index is 12.8. The van der Waals surface area contributed by atoms with Crippen molar-refractivity contribution >= 4 is 12.1 Å². The summed E-state index contributed by atoms with van der Waals surface area (Å²) < 4.78 is 5.71. The molecule has 0 atom stereocenters. The fraction of sp³-hybridized carbons (Fsp3) is 0.208. The first-order chi connectivity index (χ1) is 14.6. The minimum atomic E-state index is -1.07. The smallest absolute Gasteiger partial charge is 0.410 e. The maximum Gasteiger partial charge on any atom is 0.410 e. The molecule has 5 rings (SSSR count). The lowest BCUT2D eigenvalue weighted by Crippen LogP contribution is -2.37. The number of benzene rings is 2. The van der Waals surface area contributed by atoms with Gasteiger partial charge in [-0.05, 0) is 40.3 Å². The molecule has 0 bridgehead atoms. The van der Waals surface area contributed by atoms with E-state index in [0.717, 1.165) is 5.56 Å². The van der Waals surface area contributed by atoms with Crippen molar-refractivity contribution in [1.82, 2.24) is 9.88 Å². The normalized spacial score (nSPS) is 14.6.